The molecule has 0 saturated heterocycles. The van der Waals surface area contributed by atoms with Crippen molar-refractivity contribution in [2.45, 2.75) is 12.5 Å². The molecular weight excluding hydrogens is 356 g/mol. The molecule has 0 N–H and O–H groups in total. The number of ether oxygens (including phenoxy) is 1. The van der Waals surface area contributed by atoms with Gasteiger partial charge >= 0.3 is 0 Å². The molecule has 1 aliphatic heterocycles. The zero-order chi connectivity index (χ0) is 18.6. The minimum absolute atomic E-state index is 0.0180. The predicted molar refractivity (Wildman–Crippen MR) is 108 cm³/mol. The van der Waals surface area contributed by atoms with Crippen LogP contribution in [0.4, 0.5) is 0 Å². The van der Waals surface area contributed by atoms with Crippen molar-refractivity contribution in [1.29, 1.82) is 0 Å². The van der Waals surface area contributed by atoms with Crippen LogP contribution in [-0.2, 0) is 11.2 Å². The van der Waals surface area contributed by atoms with Gasteiger partial charge in [0.2, 0.25) is 5.91 Å². The Bertz CT molecular complexity index is 948. The van der Waals surface area contributed by atoms with Crippen LogP contribution in [-0.4, -0.2) is 29.4 Å². The fourth-order valence-electron chi connectivity index (χ4n) is 3.44. The van der Waals surface area contributed by atoms with Gasteiger partial charge < -0.3 is 9.64 Å². The molecule has 0 radical (unpaired) electrons. The summed E-state index contributed by atoms with van der Waals surface area (Å²) in [4.78, 5) is 20.4. The summed E-state index contributed by atoms with van der Waals surface area (Å²) >= 11 is 1.77. The van der Waals surface area contributed by atoms with Crippen LogP contribution in [0.25, 0.3) is 6.08 Å². The zero-order valence-electron chi connectivity index (χ0n) is 15.0. The van der Waals surface area contributed by atoms with Crippen molar-refractivity contribution >= 4 is 23.3 Å². The number of hydrogen-bond acceptors (Lipinski definition) is 4. The van der Waals surface area contributed by atoms with E-state index in [1.54, 1.807) is 36.9 Å². The maximum atomic E-state index is 13.0. The molecule has 2 aromatic heterocycles. The Balaban J connectivity index is 1.60. The fraction of sp³-hybridized carbons (Fsp3) is 0.182. The summed E-state index contributed by atoms with van der Waals surface area (Å²) in [6, 6.07) is 13.7. The van der Waals surface area contributed by atoms with Crippen LogP contribution in [0.2, 0.25) is 0 Å². The van der Waals surface area contributed by atoms with Gasteiger partial charge in [-0.3, -0.25) is 9.78 Å². The molecule has 3 heterocycles. The highest BCUT2D eigenvalue weighted by atomic mass is 32.1. The molecule has 4 rings (SSSR count). The number of hydrogen-bond donors (Lipinski definition) is 0. The summed E-state index contributed by atoms with van der Waals surface area (Å²) in [6.07, 6.45) is 7.98. The minimum atomic E-state index is -0.0592. The first-order chi connectivity index (χ1) is 13.3. The van der Waals surface area contributed by atoms with Crippen molar-refractivity contribution in [1.82, 2.24) is 9.88 Å². The number of thiophene rings is 1. The maximum Gasteiger partial charge on any atom is 0.247 e. The van der Waals surface area contributed by atoms with E-state index in [2.05, 4.69) is 16.4 Å². The van der Waals surface area contributed by atoms with E-state index < -0.39 is 0 Å². The molecule has 0 fully saturated rings. The lowest BCUT2D eigenvalue weighted by Gasteiger charge is -2.35. The topological polar surface area (TPSA) is 42.4 Å². The molecule has 1 amide bonds. The van der Waals surface area contributed by atoms with E-state index in [0.29, 0.717) is 6.54 Å². The summed E-state index contributed by atoms with van der Waals surface area (Å²) in [5, 5.41) is 2.11. The van der Waals surface area contributed by atoms with Gasteiger partial charge in [0.05, 0.1) is 13.2 Å². The Hall–Kier alpha value is -2.92. The maximum absolute atomic E-state index is 13.0. The third-order valence-electron chi connectivity index (χ3n) is 4.80. The van der Waals surface area contributed by atoms with Gasteiger partial charge in [0.15, 0.2) is 0 Å². The van der Waals surface area contributed by atoms with Gasteiger partial charge in [0.25, 0.3) is 0 Å². The number of benzene rings is 1. The van der Waals surface area contributed by atoms with E-state index in [4.69, 9.17) is 4.74 Å². The van der Waals surface area contributed by atoms with Crippen molar-refractivity contribution in [3.63, 3.8) is 0 Å². The number of aromatic nitrogens is 1. The van der Waals surface area contributed by atoms with E-state index in [1.165, 1.54) is 10.4 Å². The van der Waals surface area contributed by atoms with Gasteiger partial charge in [0.1, 0.15) is 5.75 Å². The molecule has 136 valence electrons. The Morgan fingerprint density at radius 2 is 1.96 bits per heavy atom. The van der Waals surface area contributed by atoms with Crippen LogP contribution in [0.1, 0.15) is 27.6 Å². The van der Waals surface area contributed by atoms with Crippen LogP contribution in [0, 0.1) is 0 Å². The van der Waals surface area contributed by atoms with Gasteiger partial charge in [-0.2, -0.15) is 0 Å². The molecule has 0 spiro atoms. The fourth-order valence-corrected chi connectivity index (χ4v) is 4.34. The molecule has 1 unspecified atom stereocenters. The quantitative estimate of drug-likeness (QED) is 0.636. The monoisotopic (exact) mass is 376 g/mol. The average Bonchev–Trinajstić information content (AvgIpc) is 3.21. The largest absolute Gasteiger partial charge is 0.497 e. The first-order valence-electron chi connectivity index (χ1n) is 8.85. The Kier molecular flexibility index (Phi) is 5.03. The zero-order valence-corrected chi connectivity index (χ0v) is 15.9. The molecule has 5 heteroatoms. The molecule has 4 nitrogen and oxygen atoms in total. The van der Waals surface area contributed by atoms with Crippen LogP contribution >= 0.6 is 11.3 Å². The van der Waals surface area contributed by atoms with Gasteiger partial charge in [-0.05, 0) is 64.9 Å². The lowest BCUT2D eigenvalue weighted by molar-refractivity contribution is -0.127. The normalized spacial score (nSPS) is 16.3. The second-order valence-corrected chi connectivity index (χ2v) is 7.37. The third kappa shape index (κ3) is 3.64. The van der Waals surface area contributed by atoms with E-state index >= 15 is 0 Å². The number of carbonyl (C=O) groups excluding carboxylic acids is 1. The SMILES string of the molecule is COc1ccc(/C=C/C(=O)N2CCc3sccc3C2c2ccncc2)cc1. The first kappa shape index (κ1) is 17.5. The number of rotatable bonds is 4. The van der Waals surface area contributed by atoms with Crippen LogP contribution in [0.5, 0.6) is 5.75 Å². The second kappa shape index (κ2) is 7.76. The van der Waals surface area contributed by atoms with E-state index in [9.17, 15) is 4.79 Å². The molecule has 0 aliphatic carbocycles. The first-order valence-corrected chi connectivity index (χ1v) is 9.73. The smallest absolute Gasteiger partial charge is 0.247 e. The lowest BCUT2D eigenvalue weighted by Crippen LogP contribution is -2.39. The lowest BCUT2D eigenvalue weighted by atomic mass is 9.94. The summed E-state index contributed by atoms with van der Waals surface area (Å²) in [6.45, 7) is 0.715. The highest BCUT2D eigenvalue weighted by Gasteiger charge is 2.31. The van der Waals surface area contributed by atoms with Gasteiger partial charge in [-0.15, -0.1) is 11.3 Å². The van der Waals surface area contributed by atoms with Gasteiger partial charge in [-0.1, -0.05) is 12.1 Å². The Labute approximate surface area is 162 Å². The van der Waals surface area contributed by atoms with Crippen molar-refractivity contribution in [3.05, 3.63) is 87.9 Å². The summed E-state index contributed by atoms with van der Waals surface area (Å²) < 4.78 is 5.18. The van der Waals surface area contributed by atoms with Crippen molar-refractivity contribution in [3.8, 4) is 5.75 Å². The number of carbonyl (C=O) groups is 1. The van der Waals surface area contributed by atoms with Crippen molar-refractivity contribution in [2.24, 2.45) is 0 Å². The highest BCUT2D eigenvalue weighted by molar-refractivity contribution is 7.10. The second-order valence-electron chi connectivity index (χ2n) is 6.37. The summed E-state index contributed by atoms with van der Waals surface area (Å²) in [5.41, 5.74) is 3.29. The molecular formula is C22H20N2O2S. The molecule has 3 aromatic rings. The molecule has 0 saturated carbocycles. The molecule has 1 aliphatic rings. The molecule has 1 aromatic carbocycles. The predicted octanol–water partition coefficient (Wildman–Crippen LogP) is 4.34. The van der Waals surface area contributed by atoms with Crippen molar-refractivity contribution < 1.29 is 9.53 Å². The number of methoxy groups -OCH3 is 1. The van der Waals surface area contributed by atoms with Gasteiger partial charge in [0, 0.05) is 29.9 Å². The van der Waals surface area contributed by atoms with Crippen LogP contribution < -0.4 is 4.74 Å². The molecule has 1 atom stereocenters. The Morgan fingerprint density at radius 3 is 2.70 bits per heavy atom. The number of amides is 1. The third-order valence-corrected chi connectivity index (χ3v) is 5.80. The average molecular weight is 376 g/mol. The molecule has 0 bridgehead atoms. The van der Waals surface area contributed by atoms with Crippen LogP contribution in [0.15, 0.2) is 66.3 Å². The molecule has 27 heavy (non-hydrogen) atoms. The van der Waals surface area contributed by atoms with E-state index in [1.807, 2.05) is 47.4 Å². The highest BCUT2D eigenvalue weighted by Crippen LogP contribution is 2.37. The summed E-state index contributed by atoms with van der Waals surface area (Å²) in [7, 11) is 1.64. The summed E-state index contributed by atoms with van der Waals surface area (Å²) in [5.74, 6) is 0.821. The standard InChI is InChI=1S/C22H20N2O2S/c1-26-18-5-2-16(3-6-18)4-7-21(25)24-14-10-20-19(11-15-27-20)22(24)17-8-12-23-13-9-17/h2-9,11-13,15,22H,10,14H2,1H3/b7-4+. The number of fused-ring (bicyclic) bond motifs is 1. The van der Waals surface area contributed by atoms with Crippen molar-refractivity contribution in [2.75, 3.05) is 13.7 Å². The van der Waals surface area contributed by atoms with E-state index in [-0.39, 0.29) is 11.9 Å². The minimum Gasteiger partial charge on any atom is -0.497 e. The number of nitrogens with zero attached hydrogens (tertiary/aromatic N) is 2. The number of pyridine rings is 1. The van der Waals surface area contributed by atoms with Gasteiger partial charge in [-0.25, -0.2) is 0 Å². The van der Waals surface area contributed by atoms with E-state index in [0.717, 1.165) is 23.3 Å². The Morgan fingerprint density at radius 1 is 1.19 bits per heavy atom. The van der Waals surface area contributed by atoms with Crippen LogP contribution in [0.3, 0.4) is 0 Å².